The summed E-state index contributed by atoms with van der Waals surface area (Å²) in [6, 6.07) is 11.9. The highest BCUT2D eigenvalue weighted by Crippen LogP contribution is 2.21. The average molecular weight is 369 g/mol. The molecule has 3 rings (SSSR count). The molecule has 136 valence electrons. The second-order valence-electron chi connectivity index (χ2n) is 6.27. The van der Waals surface area contributed by atoms with Gasteiger partial charge in [-0.1, -0.05) is 48.6 Å². The van der Waals surface area contributed by atoms with Crippen LogP contribution in [0.1, 0.15) is 41.3 Å². The van der Waals surface area contributed by atoms with Crippen molar-refractivity contribution in [3.63, 3.8) is 0 Å². The lowest BCUT2D eigenvalue weighted by atomic mass is 10.1. The van der Waals surface area contributed by atoms with E-state index in [2.05, 4.69) is 32.7 Å². The van der Waals surface area contributed by atoms with Crippen LogP contribution in [-0.2, 0) is 17.6 Å². The van der Waals surface area contributed by atoms with Crippen molar-refractivity contribution in [2.45, 2.75) is 46.1 Å². The number of carbonyl (C=O) groups is 1. The van der Waals surface area contributed by atoms with Gasteiger partial charge < -0.3 is 0 Å². The molecule has 2 aromatic heterocycles. The number of hydrogen-bond donors (Lipinski definition) is 1. The molecule has 1 atom stereocenters. The molecule has 2 heterocycles. The summed E-state index contributed by atoms with van der Waals surface area (Å²) < 4.78 is 1.78. The molecule has 0 unspecified atom stereocenters. The zero-order valence-electron chi connectivity index (χ0n) is 15.3. The Kier molecular flexibility index (Phi) is 5.78. The third-order valence-electron chi connectivity index (χ3n) is 4.20. The Bertz CT molecular complexity index is 871. The van der Waals surface area contributed by atoms with Crippen LogP contribution in [0.2, 0.25) is 0 Å². The van der Waals surface area contributed by atoms with Gasteiger partial charge in [0.05, 0.1) is 5.69 Å². The van der Waals surface area contributed by atoms with E-state index in [-0.39, 0.29) is 11.9 Å². The predicted octanol–water partition coefficient (Wildman–Crippen LogP) is 3.73. The van der Waals surface area contributed by atoms with Crippen LogP contribution >= 0.6 is 11.3 Å². The van der Waals surface area contributed by atoms with Gasteiger partial charge in [-0.15, -0.1) is 10.2 Å². The summed E-state index contributed by atoms with van der Waals surface area (Å²) in [4.78, 5) is 12.7. The number of rotatable bonds is 7. The molecule has 3 aromatic rings. The summed E-state index contributed by atoms with van der Waals surface area (Å²) in [7, 11) is 0. The smallest absolute Gasteiger partial charge is 0.251 e. The van der Waals surface area contributed by atoms with Crippen molar-refractivity contribution < 1.29 is 4.79 Å². The first-order valence-corrected chi connectivity index (χ1v) is 9.58. The first-order chi connectivity index (χ1) is 12.6. The molecule has 0 saturated carbocycles. The fraction of sp³-hybridized carbons (Fsp3) is 0.368. The molecule has 0 aliphatic carbocycles. The summed E-state index contributed by atoms with van der Waals surface area (Å²) >= 11 is 1.43. The van der Waals surface area contributed by atoms with Gasteiger partial charge in [0.2, 0.25) is 5.13 Å². The van der Waals surface area contributed by atoms with Gasteiger partial charge in [-0.3, -0.25) is 14.8 Å². The maximum Gasteiger partial charge on any atom is 0.251 e. The second-order valence-corrected chi connectivity index (χ2v) is 7.33. The first-order valence-electron chi connectivity index (χ1n) is 8.76. The van der Waals surface area contributed by atoms with Crippen LogP contribution in [0, 0.1) is 13.8 Å². The zero-order valence-corrected chi connectivity index (χ0v) is 16.1. The van der Waals surface area contributed by atoms with Gasteiger partial charge in [-0.2, -0.15) is 5.10 Å². The quantitative estimate of drug-likeness (QED) is 0.689. The minimum atomic E-state index is -0.347. The lowest BCUT2D eigenvalue weighted by molar-refractivity contribution is -0.119. The number of anilines is 1. The topological polar surface area (TPSA) is 72.7 Å². The van der Waals surface area contributed by atoms with E-state index in [0.717, 1.165) is 29.2 Å². The van der Waals surface area contributed by atoms with Crippen molar-refractivity contribution in [2.75, 3.05) is 5.32 Å². The number of aryl methyl sites for hydroxylation is 4. The summed E-state index contributed by atoms with van der Waals surface area (Å²) in [6.45, 7) is 5.87. The van der Waals surface area contributed by atoms with Gasteiger partial charge in [0.1, 0.15) is 11.0 Å². The molecule has 7 heteroatoms. The predicted molar refractivity (Wildman–Crippen MR) is 103 cm³/mol. The van der Waals surface area contributed by atoms with E-state index in [1.54, 1.807) is 4.68 Å². The van der Waals surface area contributed by atoms with Crippen LogP contribution in [0.4, 0.5) is 5.13 Å². The fourth-order valence-corrected chi connectivity index (χ4v) is 3.66. The Morgan fingerprint density at radius 1 is 1.19 bits per heavy atom. The third-order valence-corrected chi connectivity index (χ3v) is 5.09. The molecule has 0 spiro atoms. The summed E-state index contributed by atoms with van der Waals surface area (Å²) in [5.74, 6) is -0.107. The van der Waals surface area contributed by atoms with E-state index in [1.165, 1.54) is 16.9 Å². The van der Waals surface area contributed by atoms with E-state index < -0.39 is 0 Å². The maximum atomic E-state index is 12.7. The van der Waals surface area contributed by atoms with Gasteiger partial charge in [-0.05, 0) is 38.3 Å². The average Bonchev–Trinajstić information content (AvgIpc) is 3.21. The van der Waals surface area contributed by atoms with E-state index in [1.807, 2.05) is 45.0 Å². The standard InChI is InChI=1S/C19H23N5OS/c1-4-16(24-14(3)12-13(2)23-24)18(25)20-19-22-21-17(26-19)11-10-15-8-6-5-7-9-15/h5-9,12,16H,4,10-11H2,1-3H3,(H,20,22,25)/t16-/m0/s1. The maximum absolute atomic E-state index is 12.7. The second kappa shape index (κ2) is 8.23. The molecule has 1 aromatic carbocycles. The van der Waals surface area contributed by atoms with Crippen molar-refractivity contribution in [3.8, 4) is 0 Å². The molecule has 0 aliphatic rings. The Hall–Kier alpha value is -2.54. The Morgan fingerprint density at radius 2 is 1.96 bits per heavy atom. The molecule has 1 N–H and O–H groups in total. The summed E-state index contributed by atoms with van der Waals surface area (Å²) in [6.07, 6.45) is 2.38. The van der Waals surface area contributed by atoms with E-state index in [0.29, 0.717) is 11.6 Å². The first kappa shape index (κ1) is 18.3. The number of amides is 1. The van der Waals surface area contributed by atoms with Crippen LogP contribution < -0.4 is 5.32 Å². The lowest BCUT2D eigenvalue weighted by Gasteiger charge is -2.16. The number of aromatic nitrogens is 4. The molecule has 6 nitrogen and oxygen atoms in total. The van der Waals surface area contributed by atoms with E-state index in [4.69, 9.17) is 0 Å². The van der Waals surface area contributed by atoms with Gasteiger partial charge in [-0.25, -0.2) is 0 Å². The largest absolute Gasteiger partial charge is 0.299 e. The lowest BCUT2D eigenvalue weighted by Crippen LogP contribution is -2.27. The van der Waals surface area contributed by atoms with Crippen molar-refractivity contribution in [1.82, 2.24) is 20.0 Å². The van der Waals surface area contributed by atoms with E-state index in [9.17, 15) is 4.79 Å². The monoisotopic (exact) mass is 369 g/mol. The molecule has 0 aliphatic heterocycles. The number of nitrogens with one attached hydrogen (secondary N) is 1. The number of benzene rings is 1. The van der Waals surface area contributed by atoms with Gasteiger partial charge in [0.15, 0.2) is 0 Å². The van der Waals surface area contributed by atoms with Crippen LogP contribution in [0.3, 0.4) is 0 Å². The van der Waals surface area contributed by atoms with Crippen LogP contribution in [-0.4, -0.2) is 25.9 Å². The highest BCUT2D eigenvalue weighted by Gasteiger charge is 2.22. The van der Waals surface area contributed by atoms with Gasteiger partial charge in [0, 0.05) is 12.1 Å². The highest BCUT2D eigenvalue weighted by atomic mass is 32.1. The van der Waals surface area contributed by atoms with Crippen molar-refractivity contribution in [3.05, 3.63) is 58.4 Å². The van der Waals surface area contributed by atoms with Crippen LogP contribution in [0.15, 0.2) is 36.4 Å². The molecule has 1 amide bonds. The van der Waals surface area contributed by atoms with Crippen LogP contribution in [0.5, 0.6) is 0 Å². The van der Waals surface area contributed by atoms with Gasteiger partial charge >= 0.3 is 0 Å². The molecular formula is C19H23N5OS. The number of nitrogens with zero attached hydrogens (tertiary/aromatic N) is 4. The normalized spacial score (nSPS) is 12.1. The molecule has 0 radical (unpaired) electrons. The SMILES string of the molecule is CC[C@@H](C(=O)Nc1nnc(CCc2ccccc2)s1)n1nc(C)cc1C. The number of carbonyl (C=O) groups excluding carboxylic acids is 1. The Balaban J connectivity index is 1.62. The molecule has 0 fully saturated rings. The number of hydrogen-bond acceptors (Lipinski definition) is 5. The van der Waals surface area contributed by atoms with Crippen LogP contribution in [0.25, 0.3) is 0 Å². The third kappa shape index (κ3) is 4.35. The zero-order chi connectivity index (χ0) is 18.5. The Labute approximate surface area is 157 Å². The Morgan fingerprint density at radius 3 is 2.62 bits per heavy atom. The van der Waals surface area contributed by atoms with E-state index >= 15 is 0 Å². The minimum Gasteiger partial charge on any atom is -0.299 e. The molecule has 0 bridgehead atoms. The molecular weight excluding hydrogens is 346 g/mol. The van der Waals surface area contributed by atoms with Crippen molar-refractivity contribution >= 4 is 22.4 Å². The van der Waals surface area contributed by atoms with Crippen molar-refractivity contribution in [1.29, 1.82) is 0 Å². The van der Waals surface area contributed by atoms with Crippen molar-refractivity contribution in [2.24, 2.45) is 0 Å². The molecule has 0 saturated heterocycles. The minimum absolute atomic E-state index is 0.107. The fourth-order valence-electron chi connectivity index (χ4n) is 2.92. The molecule has 26 heavy (non-hydrogen) atoms. The summed E-state index contributed by atoms with van der Waals surface area (Å²) in [5, 5.41) is 17.1. The summed E-state index contributed by atoms with van der Waals surface area (Å²) in [5.41, 5.74) is 3.15. The highest BCUT2D eigenvalue weighted by molar-refractivity contribution is 7.15. The van der Waals surface area contributed by atoms with Gasteiger partial charge in [0.25, 0.3) is 5.91 Å².